The van der Waals surface area contributed by atoms with Gasteiger partial charge in [0.15, 0.2) is 0 Å². The zero-order valence-electron chi connectivity index (χ0n) is 9.27. The highest BCUT2D eigenvalue weighted by molar-refractivity contribution is 5.96. The summed E-state index contributed by atoms with van der Waals surface area (Å²) in [4.78, 5) is 15.5. The molecular weight excluding hydrogens is 202 g/mol. The van der Waals surface area contributed by atoms with Gasteiger partial charge < -0.3 is 10.3 Å². The summed E-state index contributed by atoms with van der Waals surface area (Å²) in [6, 6.07) is 5.54. The highest BCUT2D eigenvalue weighted by Crippen LogP contribution is 2.17. The van der Waals surface area contributed by atoms with Crippen molar-refractivity contribution in [2.24, 2.45) is 5.73 Å². The summed E-state index contributed by atoms with van der Waals surface area (Å²) < 4.78 is 1.85. The van der Waals surface area contributed by atoms with Crippen LogP contribution in [0, 0.1) is 13.8 Å². The van der Waals surface area contributed by atoms with Crippen molar-refractivity contribution in [3.8, 4) is 5.69 Å². The molecule has 2 rings (SSSR count). The van der Waals surface area contributed by atoms with Crippen LogP contribution in [-0.2, 0) is 0 Å². The molecule has 0 unspecified atom stereocenters. The maximum Gasteiger partial charge on any atom is 0.250 e. The summed E-state index contributed by atoms with van der Waals surface area (Å²) in [5.74, 6) is 0.399. The van der Waals surface area contributed by atoms with E-state index >= 15 is 0 Å². The van der Waals surface area contributed by atoms with Gasteiger partial charge in [0.05, 0.1) is 11.3 Å². The van der Waals surface area contributed by atoms with Crippen LogP contribution in [0.2, 0.25) is 0 Å². The van der Waals surface area contributed by atoms with E-state index in [0.717, 1.165) is 17.1 Å². The minimum Gasteiger partial charge on any atom is -0.366 e. The molecule has 0 atom stereocenters. The SMILES string of the molecule is Cc1ccc(C(N)=O)c(-n2ccnc2C)c1. The monoisotopic (exact) mass is 215 g/mol. The number of carbonyl (C=O) groups is 1. The lowest BCUT2D eigenvalue weighted by Crippen LogP contribution is -2.15. The number of primary amides is 1. The normalized spacial score (nSPS) is 10.4. The molecule has 0 spiro atoms. The second-order valence-electron chi connectivity index (χ2n) is 3.73. The number of imidazole rings is 1. The summed E-state index contributed by atoms with van der Waals surface area (Å²) in [5.41, 5.74) is 7.71. The molecule has 0 fully saturated rings. The Morgan fingerprint density at radius 2 is 2.12 bits per heavy atom. The number of hydrogen-bond acceptors (Lipinski definition) is 2. The van der Waals surface area contributed by atoms with Crippen molar-refractivity contribution in [3.63, 3.8) is 0 Å². The van der Waals surface area contributed by atoms with Crippen molar-refractivity contribution >= 4 is 5.91 Å². The molecule has 82 valence electrons. The fourth-order valence-corrected chi connectivity index (χ4v) is 1.68. The maximum absolute atomic E-state index is 11.3. The average molecular weight is 215 g/mol. The molecule has 0 bridgehead atoms. The van der Waals surface area contributed by atoms with Crippen molar-refractivity contribution < 1.29 is 4.79 Å². The molecule has 4 heteroatoms. The van der Waals surface area contributed by atoms with Crippen molar-refractivity contribution in [3.05, 3.63) is 47.5 Å². The van der Waals surface area contributed by atoms with E-state index in [1.165, 1.54) is 0 Å². The summed E-state index contributed by atoms with van der Waals surface area (Å²) in [5, 5.41) is 0. The summed E-state index contributed by atoms with van der Waals surface area (Å²) in [6.45, 7) is 3.85. The van der Waals surface area contributed by atoms with Crippen molar-refractivity contribution in [1.29, 1.82) is 0 Å². The summed E-state index contributed by atoms with van der Waals surface area (Å²) in [6.07, 6.45) is 3.51. The molecule has 16 heavy (non-hydrogen) atoms. The molecule has 1 aromatic heterocycles. The third-order valence-electron chi connectivity index (χ3n) is 2.50. The van der Waals surface area contributed by atoms with Crippen molar-refractivity contribution in [2.45, 2.75) is 13.8 Å². The Hall–Kier alpha value is -2.10. The van der Waals surface area contributed by atoms with E-state index in [9.17, 15) is 4.79 Å². The van der Waals surface area contributed by atoms with E-state index in [1.54, 1.807) is 12.3 Å². The number of nitrogens with zero attached hydrogens (tertiary/aromatic N) is 2. The summed E-state index contributed by atoms with van der Waals surface area (Å²) >= 11 is 0. The minimum absolute atomic E-state index is 0.428. The number of benzene rings is 1. The first-order valence-corrected chi connectivity index (χ1v) is 5.00. The predicted octanol–water partition coefficient (Wildman–Crippen LogP) is 1.59. The summed E-state index contributed by atoms with van der Waals surface area (Å²) in [7, 11) is 0. The van der Waals surface area contributed by atoms with Crippen molar-refractivity contribution in [1.82, 2.24) is 9.55 Å². The van der Waals surface area contributed by atoms with Crippen LogP contribution in [0.3, 0.4) is 0 Å². The number of rotatable bonds is 2. The number of nitrogens with two attached hydrogens (primary N) is 1. The van der Waals surface area contributed by atoms with Crippen LogP contribution in [0.5, 0.6) is 0 Å². The van der Waals surface area contributed by atoms with E-state index in [4.69, 9.17) is 5.73 Å². The number of hydrogen-bond donors (Lipinski definition) is 1. The molecule has 1 amide bonds. The van der Waals surface area contributed by atoms with Gasteiger partial charge in [-0.3, -0.25) is 4.79 Å². The van der Waals surface area contributed by atoms with Crippen LogP contribution < -0.4 is 5.73 Å². The van der Waals surface area contributed by atoms with Crippen LogP contribution >= 0.6 is 0 Å². The third kappa shape index (κ3) is 1.69. The first-order valence-electron chi connectivity index (χ1n) is 5.00. The Bertz CT molecular complexity index is 543. The second kappa shape index (κ2) is 3.81. The molecule has 0 saturated carbocycles. The van der Waals surface area contributed by atoms with Crippen LogP contribution in [0.4, 0.5) is 0 Å². The lowest BCUT2D eigenvalue weighted by molar-refractivity contribution is 0.100. The molecule has 0 saturated heterocycles. The van der Waals surface area contributed by atoms with E-state index < -0.39 is 5.91 Å². The van der Waals surface area contributed by atoms with E-state index in [2.05, 4.69) is 4.98 Å². The topological polar surface area (TPSA) is 60.9 Å². The highest BCUT2D eigenvalue weighted by atomic mass is 16.1. The van der Waals surface area contributed by atoms with Crippen LogP contribution in [0.1, 0.15) is 21.7 Å². The molecule has 1 heterocycles. The molecule has 0 aliphatic rings. The first-order chi connectivity index (χ1) is 7.59. The molecule has 0 aliphatic carbocycles. The van der Waals surface area contributed by atoms with E-state index in [0.29, 0.717) is 5.56 Å². The van der Waals surface area contributed by atoms with Crippen LogP contribution in [0.15, 0.2) is 30.6 Å². The first kappa shape index (κ1) is 10.4. The van der Waals surface area contributed by atoms with Gasteiger partial charge in [-0.2, -0.15) is 0 Å². The van der Waals surface area contributed by atoms with Crippen LogP contribution in [-0.4, -0.2) is 15.5 Å². The van der Waals surface area contributed by atoms with Gasteiger partial charge in [-0.25, -0.2) is 4.98 Å². The number of carbonyl (C=O) groups excluding carboxylic acids is 1. The Labute approximate surface area is 93.7 Å². The highest BCUT2D eigenvalue weighted by Gasteiger charge is 2.11. The zero-order chi connectivity index (χ0) is 11.7. The van der Waals surface area contributed by atoms with Gasteiger partial charge in [0.2, 0.25) is 0 Å². The lowest BCUT2D eigenvalue weighted by Gasteiger charge is -2.10. The number of aryl methyl sites for hydroxylation is 2. The van der Waals surface area contributed by atoms with Gasteiger partial charge in [0.25, 0.3) is 5.91 Å². The smallest absolute Gasteiger partial charge is 0.250 e. The quantitative estimate of drug-likeness (QED) is 0.826. The van der Waals surface area contributed by atoms with Gasteiger partial charge >= 0.3 is 0 Å². The molecule has 1 aromatic carbocycles. The fourth-order valence-electron chi connectivity index (χ4n) is 1.68. The van der Waals surface area contributed by atoms with Crippen LogP contribution in [0.25, 0.3) is 5.69 Å². The van der Waals surface area contributed by atoms with E-state index in [1.807, 2.05) is 36.7 Å². The Kier molecular flexibility index (Phi) is 2.48. The van der Waals surface area contributed by atoms with Gasteiger partial charge in [0, 0.05) is 12.4 Å². The van der Waals surface area contributed by atoms with Gasteiger partial charge in [-0.15, -0.1) is 0 Å². The van der Waals surface area contributed by atoms with Gasteiger partial charge in [-0.05, 0) is 31.5 Å². The average Bonchev–Trinajstić information content (AvgIpc) is 2.63. The second-order valence-corrected chi connectivity index (χ2v) is 3.73. The van der Waals surface area contributed by atoms with Gasteiger partial charge in [-0.1, -0.05) is 6.07 Å². The largest absolute Gasteiger partial charge is 0.366 e. The molecule has 0 aliphatic heterocycles. The molecule has 0 radical (unpaired) electrons. The number of amides is 1. The Balaban J connectivity index is 2.67. The molecular formula is C12H13N3O. The molecule has 2 aromatic rings. The third-order valence-corrected chi connectivity index (χ3v) is 2.50. The Morgan fingerprint density at radius 3 is 2.69 bits per heavy atom. The predicted molar refractivity (Wildman–Crippen MR) is 61.6 cm³/mol. The van der Waals surface area contributed by atoms with Gasteiger partial charge in [0.1, 0.15) is 5.82 Å². The molecule has 4 nitrogen and oxygen atoms in total. The minimum atomic E-state index is -0.428. The number of aromatic nitrogens is 2. The standard InChI is InChI=1S/C12H13N3O/c1-8-3-4-10(12(13)16)11(7-8)15-6-5-14-9(15)2/h3-7H,1-2H3,(H2,13,16). The maximum atomic E-state index is 11.3. The Morgan fingerprint density at radius 1 is 1.38 bits per heavy atom. The lowest BCUT2D eigenvalue weighted by atomic mass is 10.1. The zero-order valence-corrected chi connectivity index (χ0v) is 9.27. The van der Waals surface area contributed by atoms with E-state index in [-0.39, 0.29) is 0 Å². The molecule has 2 N–H and O–H groups in total. The fraction of sp³-hybridized carbons (Fsp3) is 0.167. The van der Waals surface area contributed by atoms with Crippen molar-refractivity contribution in [2.75, 3.05) is 0 Å².